The summed E-state index contributed by atoms with van der Waals surface area (Å²) in [5.74, 6) is -1.20. The Balaban J connectivity index is 2.17. The predicted octanol–water partition coefficient (Wildman–Crippen LogP) is 4.03. The Bertz CT molecular complexity index is 899. The Kier molecular flexibility index (Phi) is 8.00. The van der Waals surface area contributed by atoms with E-state index in [1.807, 2.05) is 20.8 Å². The van der Waals surface area contributed by atoms with Crippen molar-refractivity contribution in [1.29, 1.82) is 0 Å². The normalized spacial score (nSPS) is 16.2. The number of alkyl halides is 3. The molecule has 0 saturated heterocycles. The monoisotopic (exact) mass is 480 g/mol. The zero-order valence-corrected chi connectivity index (χ0v) is 18.7. The summed E-state index contributed by atoms with van der Waals surface area (Å²) in [6.45, 7) is 5.47. The molecule has 1 aliphatic heterocycles. The summed E-state index contributed by atoms with van der Waals surface area (Å²) in [5.41, 5.74) is -0.265. The van der Waals surface area contributed by atoms with Crippen molar-refractivity contribution >= 4 is 23.6 Å². The van der Waals surface area contributed by atoms with Gasteiger partial charge in [-0.2, -0.15) is 13.2 Å². The Morgan fingerprint density at radius 3 is 2.44 bits per heavy atom. The molecule has 0 amide bonds. The lowest BCUT2D eigenvalue weighted by molar-refractivity contribution is -0.757. The first-order valence-corrected chi connectivity index (χ1v) is 10.00. The van der Waals surface area contributed by atoms with Crippen LogP contribution in [0.5, 0.6) is 5.75 Å². The number of ether oxygens (including phenoxy) is 2. The molecule has 32 heavy (non-hydrogen) atoms. The van der Waals surface area contributed by atoms with Gasteiger partial charge in [-0.1, -0.05) is 32.4 Å². The zero-order valence-electron chi connectivity index (χ0n) is 18.0. The molecule has 2 rings (SSSR count). The standard InChI is InChI=1S/C20H24ClF3N2O6/c1-19(2,3)14-11-16-12(10-15(14)21)9-13(17(32-16)20(22,23)24)18(27)30-7-5-25(4)6-8-31-26(28)29/h9-11,17H,5-8H2,1-4H3/t17-/m0/s1. The van der Waals surface area contributed by atoms with Gasteiger partial charge in [-0.15, -0.1) is 10.1 Å². The first kappa shape index (κ1) is 25.7. The van der Waals surface area contributed by atoms with Gasteiger partial charge in [0.05, 0.1) is 5.57 Å². The van der Waals surface area contributed by atoms with E-state index in [0.29, 0.717) is 10.6 Å². The number of carbonyl (C=O) groups is 1. The molecule has 178 valence electrons. The number of nitrogens with zero attached hydrogens (tertiary/aromatic N) is 2. The van der Waals surface area contributed by atoms with Gasteiger partial charge in [0, 0.05) is 23.7 Å². The molecule has 1 aromatic carbocycles. The molecule has 0 aromatic heterocycles. The van der Waals surface area contributed by atoms with Crippen molar-refractivity contribution in [1.82, 2.24) is 4.90 Å². The van der Waals surface area contributed by atoms with Crippen LogP contribution in [-0.4, -0.2) is 61.6 Å². The van der Waals surface area contributed by atoms with Gasteiger partial charge in [0.2, 0.25) is 6.10 Å². The van der Waals surface area contributed by atoms with Gasteiger partial charge in [-0.05, 0) is 36.2 Å². The average Bonchev–Trinajstić information content (AvgIpc) is 2.64. The van der Waals surface area contributed by atoms with Crippen LogP contribution in [0.1, 0.15) is 31.9 Å². The van der Waals surface area contributed by atoms with Gasteiger partial charge in [-0.3, -0.25) is 0 Å². The van der Waals surface area contributed by atoms with Crippen LogP contribution in [0.3, 0.4) is 0 Å². The van der Waals surface area contributed by atoms with Crippen molar-refractivity contribution in [3.8, 4) is 5.75 Å². The van der Waals surface area contributed by atoms with Crippen molar-refractivity contribution in [3.05, 3.63) is 44.0 Å². The zero-order chi connectivity index (χ0) is 24.3. The Morgan fingerprint density at radius 1 is 1.25 bits per heavy atom. The first-order chi connectivity index (χ1) is 14.7. The van der Waals surface area contributed by atoms with Gasteiger partial charge in [-0.25, -0.2) is 4.79 Å². The van der Waals surface area contributed by atoms with Crippen LogP contribution in [-0.2, 0) is 19.8 Å². The molecule has 1 aliphatic rings. The number of hydrogen-bond acceptors (Lipinski definition) is 7. The van der Waals surface area contributed by atoms with Crippen LogP contribution < -0.4 is 4.74 Å². The minimum atomic E-state index is -4.85. The van der Waals surface area contributed by atoms with Crippen molar-refractivity contribution in [2.75, 3.05) is 33.4 Å². The second-order valence-electron chi connectivity index (χ2n) is 8.26. The average molecular weight is 481 g/mol. The minimum Gasteiger partial charge on any atom is -0.475 e. The van der Waals surface area contributed by atoms with E-state index in [1.165, 1.54) is 12.1 Å². The van der Waals surface area contributed by atoms with Gasteiger partial charge in [0.1, 0.15) is 19.0 Å². The molecule has 0 N–H and O–H groups in total. The van der Waals surface area contributed by atoms with E-state index in [2.05, 4.69) is 4.84 Å². The first-order valence-electron chi connectivity index (χ1n) is 9.62. The lowest BCUT2D eigenvalue weighted by atomic mass is 9.85. The van der Waals surface area contributed by atoms with Crippen molar-refractivity contribution < 1.29 is 37.4 Å². The number of halogens is 4. The van der Waals surface area contributed by atoms with E-state index < -0.39 is 34.3 Å². The smallest absolute Gasteiger partial charge is 0.430 e. The maximum Gasteiger partial charge on any atom is 0.430 e. The van der Waals surface area contributed by atoms with E-state index in [4.69, 9.17) is 21.1 Å². The fraction of sp³-hybridized carbons (Fsp3) is 0.550. The summed E-state index contributed by atoms with van der Waals surface area (Å²) in [7, 11) is 1.59. The Morgan fingerprint density at radius 2 is 1.88 bits per heavy atom. The molecule has 0 saturated carbocycles. The molecule has 1 heterocycles. The van der Waals surface area contributed by atoms with E-state index in [1.54, 1.807) is 11.9 Å². The van der Waals surface area contributed by atoms with E-state index in [0.717, 1.165) is 6.08 Å². The van der Waals surface area contributed by atoms with E-state index in [9.17, 15) is 28.1 Å². The van der Waals surface area contributed by atoms with Crippen LogP contribution in [0.4, 0.5) is 13.2 Å². The maximum absolute atomic E-state index is 13.6. The number of likely N-dealkylation sites (N-methyl/N-ethyl adjacent to an activating group) is 1. The lowest BCUT2D eigenvalue weighted by Gasteiger charge is -2.30. The van der Waals surface area contributed by atoms with Crippen LogP contribution in [0.2, 0.25) is 5.02 Å². The summed E-state index contributed by atoms with van der Waals surface area (Å²) in [4.78, 5) is 28.3. The molecule has 12 heteroatoms. The largest absolute Gasteiger partial charge is 0.475 e. The molecule has 1 atom stereocenters. The highest BCUT2D eigenvalue weighted by Gasteiger charge is 2.49. The number of fused-ring (bicyclic) bond motifs is 1. The highest BCUT2D eigenvalue weighted by molar-refractivity contribution is 6.31. The topological polar surface area (TPSA) is 91.1 Å². The molecule has 1 aromatic rings. The van der Waals surface area contributed by atoms with E-state index >= 15 is 0 Å². The molecule has 0 spiro atoms. The lowest BCUT2D eigenvalue weighted by Crippen LogP contribution is -2.41. The fourth-order valence-corrected chi connectivity index (χ4v) is 3.42. The van der Waals surface area contributed by atoms with Gasteiger partial charge >= 0.3 is 12.1 Å². The van der Waals surface area contributed by atoms with Crippen LogP contribution >= 0.6 is 11.6 Å². The third kappa shape index (κ3) is 6.73. The second kappa shape index (κ2) is 9.95. The third-order valence-corrected chi connectivity index (χ3v) is 4.97. The third-order valence-electron chi connectivity index (χ3n) is 4.65. The van der Waals surface area contributed by atoms with Gasteiger partial charge in [0.15, 0.2) is 0 Å². The molecule has 0 bridgehead atoms. The van der Waals surface area contributed by atoms with Crippen LogP contribution in [0, 0.1) is 10.1 Å². The maximum atomic E-state index is 13.6. The van der Waals surface area contributed by atoms with Crippen LogP contribution in [0.25, 0.3) is 6.08 Å². The Labute approximate surface area is 188 Å². The summed E-state index contributed by atoms with van der Waals surface area (Å²) < 4.78 is 51.1. The van der Waals surface area contributed by atoms with Crippen LogP contribution in [0.15, 0.2) is 17.7 Å². The van der Waals surface area contributed by atoms with Crippen molar-refractivity contribution in [2.24, 2.45) is 0 Å². The summed E-state index contributed by atoms with van der Waals surface area (Å²) in [6.07, 6.45) is -6.25. The molecule has 0 unspecified atom stereocenters. The van der Waals surface area contributed by atoms with Gasteiger partial charge in [0.25, 0.3) is 5.09 Å². The van der Waals surface area contributed by atoms with Crippen molar-refractivity contribution in [3.63, 3.8) is 0 Å². The minimum absolute atomic E-state index is 0.0243. The number of esters is 1. The molecule has 8 nitrogen and oxygen atoms in total. The van der Waals surface area contributed by atoms with Crippen molar-refractivity contribution in [2.45, 2.75) is 38.5 Å². The molecule has 0 fully saturated rings. The number of rotatable bonds is 8. The molecule has 0 aliphatic carbocycles. The molecule has 0 radical (unpaired) electrons. The summed E-state index contributed by atoms with van der Waals surface area (Å²) in [5, 5.41) is 9.53. The summed E-state index contributed by atoms with van der Waals surface area (Å²) in [6, 6.07) is 2.91. The molecular formula is C20H24ClF3N2O6. The Hall–Kier alpha value is -2.53. The summed E-state index contributed by atoms with van der Waals surface area (Å²) >= 11 is 6.30. The fourth-order valence-electron chi connectivity index (χ4n) is 2.96. The van der Waals surface area contributed by atoms with E-state index in [-0.39, 0.29) is 37.6 Å². The predicted molar refractivity (Wildman–Crippen MR) is 110 cm³/mol. The molecular weight excluding hydrogens is 457 g/mol. The highest BCUT2D eigenvalue weighted by Crippen LogP contribution is 2.42. The highest BCUT2D eigenvalue weighted by atomic mass is 35.5. The van der Waals surface area contributed by atoms with Gasteiger partial charge < -0.3 is 19.2 Å². The number of hydrogen-bond donors (Lipinski definition) is 0. The number of benzene rings is 1. The quantitative estimate of drug-likeness (QED) is 0.315. The SMILES string of the molecule is CN(CCOC(=O)C1=Cc2cc(Cl)c(C(C)(C)C)cc2O[C@@H]1C(F)(F)F)CCO[N+](=O)[O-]. The number of carbonyl (C=O) groups excluding carboxylic acids is 1. The second-order valence-corrected chi connectivity index (χ2v) is 8.66.